The van der Waals surface area contributed by atoms with Gasteiger partial charge >= 0.3 is 0 Å². The van der Waals surface area contributed by atoms with E-state index in [0.29, 0.717) is 11.6 Å². The number of benzene rings is 1. The second-order valence-electron chi connectivity index (χ2n) is 5.06. The molecule has 1 aliphatic rings. The van der Waals surface area contributed by atoms with Crippen molar-refractivity contribution in [3.8, 4) is 5.75 Å². The topological polar surface area (TPSA) is 61.4 Å². The average molecular weight is 248 g/mol. The van der Waals surface area contributed by atoms with Crippen LogP contribution in [0.1, 0.15) is 37.0 Å². The van der Waals surface area contributed by atoms with Gasteiger partial charge in [-0.3, -0.25) is 4.79 Å². The molecule has 0 spiro atoms. The SMILES string of the molecule is CC1CCC(NC(=O)c2ccc(O)cc2)C(C)N1. The number of hydrogen-bond donors (Lipinski definition) is 3. The van der Waals surface area contributed by atoms with E-state index < -0.39 is 0 Å². The van der Waals surface area contributed by atoms with Crippen LogP contribution in [0.25, 0.3) is 0 Å². The highest BCUT2D eigenvalue weighted by atomic mass is 16.3. The van der Waals surface area contributed by atoms with E-state index in [1.165, 1.54) is 12.1 Å². The van der Waals surface area contributed by atoms with Crippen LogP contribution in [0.5, 0.6) is 5.75 Å². The predicted octanol–water partition coefficient (Wildman–Crippen LogP) is 1.65. The van der Waals surface area contributed by atoms with Crippen LogP contribution in [-0.4, -0.2) is 29.1 Å². The number of piperidine rings is 1. The fourth-order valence-corrected chi connectivity index (χ4v) is 2.39. The maximum atomic E-state index is 12.0. The summed E-state index contributed by atoms with van der Waals surface area (Å²) in [5, 5.41) is 15.7. The zero-order chi connectivity index (χ0) is 13.1. The molecule has 3 atom stereocenters. The van der Waals surface area contributed by atoms with Gasteiger partial charge in [0.05, 0.1) is 0 Å². The summed E-state index contributed by atoms with van der Waals surface area (Å²) < 4.78 is 0. The molecule has 0 aliphatic carbocycles. The lowest BCUT2D eigenvalue weighted by atomic mass is 9.95. The first-order valence-electron chi connectivity index (χ1n) is 6.42. The first kappa shape index (κ1) is 12.9. The van der Waals surface area contributed by atoms with Crippen LogP contribution >= 0.6 is 0 Å². The summed E-state index contributed by atoms with van der Waals surface area (Å²) in [4.78, 5) is 12.0. The van der Waals surface area contributed by atoms with E-state index >= 15 is 0 Å². The Morgan fingerprint density at radius 3 is 2.56 bits per heavy atom. The Morgan fingerprint density at radius 2 is 1.94 bits per heavy atom. The normalized spacial score (nSPS) is 27.8. The first-order valence-corrected chi connectivity index (χ1v) is 6.42. The van der Waals surface area contributed by atoms with Crippen LogP contribution in [0.4, 0.5) is 0 Å². The molecule has 1 aromatic rings. The number of amides is 1. The second kappa shape index (κ2) is 5.40. The third-order valence-corrected chi connectivity index (χ3v) is 3.51. The highest BCUT2D eigenvalue weighted by Crippen LogP contribution is 2.15. The standard InChI is InChI=1S/C14H20N2O2/c1-9-3-8-13(10(2)15-9)16-14(18)11-4-6-12(17)7-5-11/h4-7,9-10,13,15,17H,3,8H2,1-2H3,(H,16,18). The monoisotopic (exact) mass is 248 g/mol. The molecule has 3 unspecified atom stereocenters. The summed E-state index contributed by atoms with van der Waals surface area (Å²) in [7, 11) is 0. The molecular formula is C14H20N2O2. The largest absolute Gasteiger partial charge is 0.508 e. The molecule has 4 nitrogen and oxygen atoms in total. The van der Waals surface area contributed by atoms with E-state index in [4.69, 9.17) is 0 Å². The van der Waals surface area contributed by atoms with Crippen molar-refractivity contribution in [3.05, 3.63) is 29.8 Å². The van der Waals surface area contributed by atoms with E-state index in [-0.39, 0.29) is 23.7 Å². The van der Waals surface area contributed by atoms with Gasteiger partial charge in [-0.25, -0.2) is 0 Å². The molecule has 1 fully saturated rings. The lowest BCUT2D eigenvalue weighted by Crippen LogP contribution is -2.54. The van der Waals surface area contributed by atoms with Crippen LogP contribution in [0.3, 0.4) is 0 Å². The van der Waals surface area contributed by atoms with Gasteiger partial charge in [-0.05, 0) is 51.0 Å². The number of rotatable bonds is 2. The molecule has 0 saturated carbocycles. The molecule has 2 rings (SSSR count). The van der Waals surface area contributed by atoms with Crippen LogP contribution in [0, 0.1) is 0 Å². The summed E-state index contributed by atoms with van der Waals surface area (Å²) in [6.45, 7) is 4.26. The Labute approximate surface area is 107 Å². The Bertz CT molecular complexity index is 416. The molecule has 0 aromatic heterocycles. The lowest BCUT2D eigenvalue weighted by Gasteiger charge is -2.34. The minimum atomic E-state index is -0.0804. The van der Waals surface area contributed by atoms with Gasteiger partial charge in [0.2, 0.25) is 0 Å². The summed E-state index contributed by atoms with van der Waals surface area (Å²) in [5.41, 5.74) is 0.582. The minimum absolute atomic E-state index is 0.0804. The highest BCUT2D eigenvalue weighted by Gasteiger charge is 2.25. The quantitative estimate of drug-likeness (QED) is 0.746. The van der Waals surface area contributed by atoms with Crippen molar-refractivity contribution in [2.24, 2.45) is 0 Å². The van der Waals surface area contributed by atoms with Crippen molar-refractivity contribution in [3.63, 3.8) is 0 Å². The molecule has 1 aliphatic heterocycles. The summed E-state index contributed by atoms with van der Waals surface area (Å²) in [6.07, 6.45) is 2.07. The van der Waals surface area contributed by atoms with Crippen molar-refractivity contribution < 1.29 is 9.90 Å². The Hall–Kier alpha value is -1.55. The van der Waals surface area contributed by atoms with Gasteiger partial charge in [0.15, 0.2) is 0 Å². The number of carbonyl (C=O) groups excluding carboxylic acids is 1. The average Bonchev–Trinajstić information content (AvgIpc) is 2.33. The van der Waals surface area contributed by atoms with Crippen LogP contribution < -0.4 is 10.6 Å². The number of phenolic OH excluding ortho intramolecular Hbond substituents is 1. The third-order valence-electron chi connectivity index (χ3n) is 3.51. The molecule has 1 heterocycles. The van der Waals surface area contributed by atoms with Crippen LogP contribution in [0.2, 0.25) is 0 Å². The van der Waals surface area contributed by atoms with Gasteiger partial charge in [-0.2, -0.15) is 0 Å². The molecule has 4 heteroatoms. The van der Waals surface area contributed by atoms with Crippen molar-refractivity contribution in [2.75, 3.05) is 0 Å². The van der Waals surface area contributed by atoms with Gasteiger partial charge in [-0.1, -0.05) is 0 Å². The Kier molecular flexibility index (Phi) is 3.87. The second-order valence-corrected chi connectivity index (χ2v) is 5.06. The summed E-state index contributed by atoms with van der Waals surface area (Å²) in [5.74, 6) is 0.0938. The maximum Gasteiger partial charge on any atom is 0.251 e. The summed E-state index contributed by atoms with van der Waals surface area (Å²) >= 11 is 0. The zero-order valence-electron chi connectivity index (χ0n) is 10.8. The van der Waals surface area contributed by atoms with E-state index in [2.05, 4.69) is 24.5 Å². The molecular weight excluding hydrogens is 228 g/mol. The molecule has 1 aromatic carbocycles. The fourth-order valence-electron chi connectivity index (χ4n) is 2.39. The van der Waals surface area contributed by atoms with Crippen LogP contribution in [-0.2, 0) is 0 Å². The molecule has 1 saturated heterocycles. The molecule has 3 N–H and O–H groups in total. The maximum absolute atomic E-state index is 12.0. The lowest BCUT2D eigenvalue weighted by molar-refractivity contribution is 0.0914. The molecule has 98 valence electrons. The van der Waals surface area contributed by atoms with Gasteiger partial charge in [0.25, 0.3) is 5.91 Å². The highest BCUT2D eigenvalue weighted by molar-refractivity contribution is 5.94. The molecule has 18 heavy (non-hydrogen) atoms. The van der Waals surface area contributed by atoms with Crippen molar-refractivity contribution in [2.45, 2.75) is 44.8 Å². The summed E-state index contributed by atoms with van der Waals surface area (Å²) in [6, 6.07) is 7.29. The number of nitrogens with one attached hydrogen (secondary N) is 2. The molecule has 1 amide bonds. The minimum Gasteiger partial charge on any atom is -0.508 e. The first-order chi connectivity index (χ1) is 8.56. The van der Waals surface area contributed by atoms with Gasteiger partial charge < -0.3 is 15.7 Å². The third kappa shape index (κ3) is 3.01. The zero-order valence-corrected chi connectivity index (χ0v) is 10.8. The van der Waals surface area contributed by atoms with Gasteiger partial charge in [-0.15, -0.1) is 0 Å². The number of carbonyl (C=O) groups is 1. The fraction of sp³-hybridized carbons (Fsp3) is 0.500. The van der Waals surface area contributed by atoms with E-state index in [1.54, 1.807) is 12.1 Å². The van der Waals surface area contributed by atoms with Gasteiger partial charge in [0.1, 0.15) is 5.75 Å². The van der Waals surface area contributed by atoms with Crippen molar-refractivity contribution in [1.82, 2.24) is 10.6 Å². The van der Waals surface area contributed by atoms with Gasteiger partial charge in [0, 0.05) is 23.7 Å². The number of aromatic hydroxyl groups is 1. The van der Waals surface area contributed by atoms with Crippen molar-refractivity contribution >= 4 is 5.91 Å². The predicted molar refractivity (Wildman–Crippen MR) is 70.7 cm³/mol. The molecule has 0 bridgehead atoms. The Morgan fingerprint density at radius 1 is 1.28 bits per heavy atom. The van der Waals surface area contributed by atoms with E-state index in [1.807, 2.05) is 0 Å². The van der Waals surface area contributed by atoms with Crippen molar-refractivity contribution in [1.29, 1.82) is 0 Å². The number of hydrogen-bond acceptors (Lipinski definition) is 3. The Balaban J connectivity index is 1.97. The molecule has 0 radical (unpaired) electrons. The van der Waals surface area contributed by atoms with E-state index in [9.17, 15) is 9.90 Å². The number of phenols is 1. The van der Waals surface area contributed by atoms with E-state index in [0.717, 1.165) is 12.8 Å². The smallest absolute Gasteiger partial charge is 0.251 e. The van der Waals surface area contributed by atoms with Crippen LogP contribution in [0.15, 0.2) is 24.3 Å².